The summed E-state index contributed by atoms with van der Waals surface area (Å²) in [5.41, 5.74) is -0.143. The summed E-state index contributed by atoms with van der Waals surface area (Å²) in [6, 6.07) is 4.35. The lowest BCUT2D eigenvalue weighted by Gasteiger charge is -2.34. The third-order valence-electron chi connectivity index (χ3n) is 4.73. The molecule has 1 aromatic rings. The second-order valence-electron chi connectivity index (χ2n) is 6.60. The number of para-hydroxylation sites is 1. The van der Waals surface area contributed by atoms with Gasteiger partial charge in [0.25, 0.3) is 0 Å². The molecule has 1 aromatic carbocycles. The third kappa shape index (κ3) is 4.01. The normalized spacial score (nSPS) is 15.6. The number of hydrogen-bond acceptors (Lipinski definition) is 4. The highest BCUT2D eigenvalue weighted by Crippen LogP contribution is 2.34. The van der Waals surface area contributed by atoms with Crippen LogP contribution in [0.1, 0.15) is 33.1 Å². The van der Waals surface area contributed by atoms with Gasteiger partial charge in [0.2, 0.25) is 11.7 Å². The maximum absolute atomic E-state index is 13.8. The van der Waals surface area contributed by atoms with Crippen molar-refractivity contribution in [3.8, 4) is 0 Å². The topological polar surface area (TPSA) is 66.7 Å². The fourth-order valence-electron chi connectivity index (χ4n) is 3.00. The summed E-state index contributed by atoms with van der Waals surface area (Å²) >= 11 is 0. The van der Waals surface area contributed by atoms with Gasteiger partial charge < -0.3 is 9.80 Å². The Morgan fingerprint density at radius 2 is 2.04 bits per heavy atom. The van der Waals surface area contributed by atoms with E-state index >= 15 is 0 Å². The van der Waals surface area contributed by atoms with Crippen LogP contribution in [0.3, 0.4) is 0 Å². The van der Waals surface area contributed by atoms with E-state index in [0.29, 0.717) is 25.2 Å². The largest absolute Gasteiger partial charge is 0.366 e. The molecule has 0 spiro atoms. The van der Waals surface area contributed by atoms with Gasteiger partial charge in [-0.15, -0.1) is 0 Å². The molecule has 0 N–H and O–H groups in total. The molecule has 0 atom stereocenters. The van der Waals surface area contributed by atoms with Gasteiger partial charge in [0.15, 0.2) is 0 Å². The quantitative estimate of drug-likeness (QED) is 0.611. The van der Waals surface area contributed by atoms with Gasteiger partial charge in [-0.3, -0.25) is 14.9 Å². The van der Waals surface area contributed by atoms with Gasteiger partial charge in [-0.05, 0) is 44.7 Å². The number of carbonyl (C=O) groups excluding carboxylic acids is 1. The molecule has 1 fully saturated rings. The Bertz CT molecular complexity index is 613. The minimum atomic E-state index is -0.812. The Balaban J connectivity index is 2.00. The number of halogens is 1. The van der Waals surface area contributed by atoms with Gasteiger partial charge in [0.05, 0.1) is 4.92 Å². The van der Waals surface area contributed by atoms with E-state index in [1.54, 1.807) is 18.0 Å². The number of piperidine rings is 1. The maximum Gasteiger partial charge on any atom is 0.327 e. The first-order chi connectivity index (χ1) is 11.3. The van der Waals surface area contributed by atoms with Gasteiger partial charge in [-0.1, -0.05) is 6.07 Å². The lowest BCUT2D eigenvalue weighted by molar-refractivity contribution is -0.386. The predicted molar refractivity (Wildman–Crippen MR) is 90.5 cm³/mol. The fraction of sp³-hybridized carbons (Fsp3) is 0.588. The molecule has 24 heavy (non-hydrogen) atoms. The van der Waals surface area contributed by atoms with E-state index in [4.69, 9.17) is 0 Å². The minimum Gasteiger partial charge on any atom is -0.366 e. The molecule has 1 aliphatic rings. The predicted octanol–water partition coefficient (Wildman–Crippen LogP) is 3.21. The van der Waals surface area contributed by atoms with Crippen molar-refractivity contribution in [2.24, 2.45) is 5.92 Å². The van der Waals surface area contributed by atoms with Gasteiger partial charge in [0.1, 0.15) is 5.69 Å². The van der Waals surface area contributed by atoms with Crippen molar-refractivity contribution in [2.45, 2.75) is 39.2 Å². The monoisotopic (exact) mass is 337 g/mol. The summed E-state index contributed by atoms with van der Waals surface area (Å²) in [4.78, 5) is 26.2. The van der Waals surface area contributed by atoms with Crippen LogP contribution in [0.5, 0.6) is 0 Å². The van der Waals surface area contributed by atoms with E-state index in [9.17, 15) is 19.3 Å². The summed E-state index contributed by atoms with van der Waals surface area (Å²) in [5, 5.41) is 11.1. The summed E-state index contributed by atoms with van der Waals surface area (Å²) in [5.74, 6) is -0.420. The van der Waals surface area contributed by atoms with Crippen LogP contribution in [0.25, 0.3) is 0 Å². The van der Waals surface area contributed by atoms with Crippen molar-refractivity contribution < 1.29 is 14.1 Å². The molecule has 0 radical (unpaired) electrons. The average Bonchev–Trinajstić information content (AvgIpc) is 2.54. The smallest absolute Gasteiger partial charge is 0.327 e. The van der Waals surface area contributed by atoms with E-state index in [2.05, 4.69) is 0 Å². The molecule has 0 unspecified atom stereocenters. The summed E-state index contributed by atoms with van der Waals surface area (Å²) < 4.78 is 13.8. The lowest BCUT2D eigenvalue weighted by Crippen LogP contribution is -2.38. The van der Waals surface area contributed by atoms with Crippen molar-refractivity contribution in [1.82, 2.24) is 4.90 Å². The molecule has 0 bridgehead atoms. The van der Waals surface area contributed by atoms with E-state index in [1.165, 1.54) is 6.07 Å². The highest BCUT2D eigenvalue weighted by molar-refractivity contribution is 5.76. The summed E-state index contributed by atoms with van der Waals surface area (Å²) in [7, 11) is 1.80. The second-order valence-corrected chi connectivity index (χ2v) is 6.60. The fourth-order valence-corrected chi connectivity index (χ4v) is 3.00. The molecule has 2 rings (SSSR count). The molecule has 0 saturated carbocycles. The molecule has 7 heteroatoms. The minimum absolute atomic E-state index is 0.125. The molecule has 132 valence electrons. The average molecular weight is 337 g/mol. The first-order valence-electron chi connectivity index (χ1n) is 8.24. The van der Waals surface area contributed by atoms with Crippen LogP contribution in [-0.2, 0) is 4.79 Å². The molecule has 0 aromatic heterocycles. The number of nitro benzene ring substituents is 1. The Hall–Kier alpha value is -2.18. The van der Waals surface area contributed by atoms with Gasteiger partial charge in [-0.2, -0.15) is 4.39 Å². The van der Waals surface area contributed by atoms with Crippen LogP contribution in [-0.4, -0.2) is 41.9 Å². The van der Waals surface area contributed by atoms with Crippen LogP contribution in [0, 0.1) is 21.8 Å². The van der Waals surface area contributed by atoms with Crippen LogP contribution < -0.4 is 4.90 Å². The van der Waals surface area contributed by atoms with Crippen molar-refractivity contribution in [2.75, 3.05) is 25.0 Å². The van der Waals surface area contributed by atoms with E-state index in [-0.39, 0.29) is 17.9 Å². The van der Waals surface area contributed by atoms with Crippen LogP contribution in [0.4, 0.5) is 15.8 Å². The molecular formula is C17H24FN3O3. The van der Waals surface area contributed by atoms with E-state index < -0.39 is 16.4 Å². The van der Waals surface area contributed by atoms with E-state index in [1.807, 2.05) is 18.7 Å². The Morgan fingerprint density at radius 1 is 1.42 bits per heavy atom. The van der Waals surface area contributed by atoms with Crippen LogP contribution in [0.2, 0.25) is 0 Å². The number of anilines is 1. The molecule has 1 amide bonds. The zero-order valence-corrected chi connectivity index (χ0v) is 14.4. The lowest BCUT2D eigenvalue weighted by atomic mass is 9.92. The van der Waals surface area contributed by atoms with Crippen molar-refractivity contribution in [3.63, 3.8) is 0 Å². The van der Waals surface area contributed by atoms with Gasteiger partial charge >= 0.3 is 5.69 Å². The zero-order valence-electron chi connectivity index (χ0n) is 14.4. The standard InChI is InChI=1S/C17H24FN3O3/c1-12(2)19(3)16(22)11-13-7-9-20(10-8-13)15-6-4-5-14(18)17(15)21(23)24/h4-6,12-13H,7-11H2,1-3H3. The van der Waals surface area contributed by atoms with E-state index in [0.717, 1.165) is 18.9 Å². The SMILES string of the molecule is CC(C)N(C)C(=O)CC1CCN(c2cccc(F)c2[N+](=O)[O-])CC1. The zero-order chi connectivity index (χ0) is 17.9. The van der Waals surface area contributed by atoms with Crippen LogP contribution in [0.15, 0.2) is 18.2 Å². The second kappa shape index (κ2) is 7.59. The molecule has 1 heterocycles. The maximum atomic E-state index is 13.8. The number of nitro groups is 1. The van der Waals surface area contributed by atoms with Crippen molar-refractivity contribution in [1.29, 1.82) is 0 Å². The molecule has 6 nitrogen and oxygen atoms in total. The summed E-state index contributed by atoms with van der Waals surface area (Å²) in [6.45, 7) is 5.13. The first-order valence-corrected chi connectivity index (χ1v) is 8.24. The molecule has 1 aliphatic heterocycles. The number of benzene rings is 1. The Labute approximate surface area is 141 Å². The van der Waals surface area contributed by atoms with Crippen LogP contribution >= 0.6 is 0 Å². The molecule has 0 aliphatic carbocycles. The molecular weight excluding hydrogens is 313 g/mol. The van der Waals surface area contributed by atoms with Gasteiger partial charge in [0, 0.05) is 32.6 Å². The highest BCUT2D eigenvalue weighted by Gasteiger charge is 2.28. The Kier molecular flexibility index (Phi) is 5.75. The Morgan fingerprint density at radius 3 is 2.58 bits per heavy atom. The molecule has 1 saturated heterocycles. The number of carbonyl (C=O) groups is 1. The van der Waals surface area contributed by atoms with Gasteiger partial charge in [-0.25, -0.2) is 0 Å². The number of rotatable bonds is 5. The third-order valence-corrected chi connectivity index (χ3v) is 4.73. The number of hydrogen-bond donors (Lipinski definition) is 0. The number of nitrogens with zero attached hydrogens (tertiary/aromatic N) is 3. The van der Waals surface area contributed by atoms with Crippen molar-refractivity contribution in [3.05, 3.63) is 34.1 Å². The van der Waals surface area contributed by atoms with Crippen molar-refractivity contribution >= 4 is 17.3 Å². The highest BCUT2D eigenvalue weighted by atomic mass is 19.1. The summed E-state index contributed by atoms with van der Waals surface area (Å²) in [6.07, 6.45) is 2.03. The first kappa shape index (κ1) is 18.2. The number of amides is 1.